The molecule has 1 nitrogen and oxygen atoms in total. The molecule has 3 aromatic rings. The summed E-state index contributed by atoms with van der Waals surface area (Å²) in [7, 11) is 0. The molecule has 0 bridgehead atoms. The molecule has 0 unspecified atom stereocenters. The van der Waals surface area contributed by atoms with E-state index in [9.17, 15) is 9.50 Å². The molecular formula is C26H29FOS. The van der Waals surface area contributed by atoms with Crippen LogP contribution in [0.1, 0.15) is 54.5 Å². The fraction of sp³-hybridized carbons (Fsp3) is 0.308. The topological polar surface area (TPSA) is 20.2 Å². The summed E-state index contributed by atoms with van der Waals surface area (Å²) in [5.41, 5.74) is 5.37. The van der Waals surface area contributed by atoms with E-state index in [4.69, 9.17) is 0 Å². The van der Waals surface area contributed by atoms with E-state index in [0.717, 1.165) is 46.6 Å². The van der Waals surface area contributed by atoms with Crippen LogP contribution in [0.25, 0.3) is 0 Å². The molecule has 0 radical (unpaired) electrons. The zero-order valence-corrected chi connectivity index (χ0v) is 18.3. The van der Waals surface area contributed by atoms with Crippen LogP contribution >= 0.6 is 11.8 Å². The van der Waals surface area contributed by atoms with Gasteiger partial charge in [-0.15, -0.1) is 0 Å². The van der Waals surface area contributed by atoms with Gasteiger partial charge in [0.05, 0.1) is 4.90 Å². The lowest BCUT2D eigenvalue weighted by Crippen LogP contribution is -1.94. The first-order chi connectivity index (χ1) is 14.0. The molecule has 0 aliphatic carbocycles. The Hall–Kier alpha value is -2.26. The highest BCUT2D eigenvalue weighted by atomic mass is 32.2. The van der Waals surface area contributed by atoms with Crippen molar-refractivity contribution < 1.29 is 9.50 Å². The zero-order valence-electron chi connectivity index (χ0n) is 17.5. The van der Waals surface area contributed by atoms with Gasteiger partial charge in [-0.3, -0.25) is 0 Å². The third-order valence-electron chi connectivity index (χ3n) is 5.26. The summed E-state index contributed by atoms with van der Waals surface area (Å²) < 4.78 is 13.8. The van der Waals surface area contributed by atoms with Crippen LogP contribution in [0, 0.1) is 12.7 Å². The largest absolute Gasteiger partial charge is 0.507 e. The molecule has 152 valence electrons. The van der Waals surface area contributed by atoms with Crippen molar-refractivity contribution >= 4 is 11.8 Å². The summed E-state index contributed by atoms with van der Waals surface area (Å²) in [6.07, 6.45) is 5.00. The van der Waals surface area contributed by atoms with Gasteiger partial charge in [-0.1, -0.05) is 56.3 Å². The van der Waals surface area contributed by atoms with Crippen molar-refractivity contribution in [3.8, 4) is 5.75 Å². The molecule has 3 aromatic carbocycles. The number of halogens is 1. The Morgan fingerprint density at radius 1 is 0.897 bits per heavy atom. The highest BCUT2D eigenvalue weighted by Gasteiger charge is 2.10. The third-order valence-corrected chi connectivity index (χ3v) is 6.31. The van der Waals surface area contributed by atoms with Crippen molar-refractivity contribution in [2.75, 3.05) is 0 Å². The second-order valence-corrected chi connectivity index (χ2v) is 8.67. The van der Waals surface area contributed by atoms with Gasteiger partial charge in [0.1, 0.15) is 11.6 Å². The molecule has 3 heteroatoms. The Morgan fingerprint density at radius 3 is 2.28 bits per heavy atom. The molecule has 29 heavy (non-hydrogen) atoms. The Labute approximate surface area is 178 Å². The van der Waals surface area contributed by atoms with E-state index in [1.54, 1.807) is 24.8 Å². The highest BCUT2D eigenvalue weighted by molar-refractivity contribution is 7.99. The molecule has 0 aliphatic heterocycles. The predicted molar refractivity (Wildman–Crippen MR) is 121 cm³/mol. The van der Waals surface area contributed by atoms with Crippen LogP contribution in [0.4, 0.5) is 4.39 Å². The number of aryl methyl sites for hydroxylation is 3. The number of hydrogen-bond donors (Lipinski definition) is 1. The van der Waals surface area contributed by atoms with E-state index in [1.165, 1.54) is 11.1 Å². The lowest BCUT2D eigenvalue weighted by atomic mass is 10.00. The SMILES string of the molecule is CCCCc1cc(O)c(Sc2ccc(Cc3ccc(C)c(F)c3)cc2)cc1CC. The van der Waals surface area contributed by atoms with Gasteiger partial charge in [-0.05, 0) is 90.8 Å². The quantitative estimate of drug-likeness (QED) is 0.417. The zero-order chi connectivity index (χ0) is 20.8. The number of phenols is 1. The summed E-state index contributed by atoms with van der Waals surface area (Å²) in [6, 6.07) is 17.8. The van der Waals surface area contributed by atoms with E-state index in [-0.39, 0.29) is 5.82 Å². The fourth-order valence-electron chi connectivity index (χ4n) is 3.45. The average molecular weight is 409 g/mol. The lowest BCUT2D eigenvalue weighted by molar-refractivity contribution is 0.461. The molecule has 0 aromatic heterocycles. The predicted octanol–water partition coefficient (Wildman–Crippen LogP) is 7.49. The van der Waals surface area contributed by atoms with E-state index in [2.05, 4.69) is 44.2 Å². The van der Waals surface area contributed by atoms with Crippen LogP contribution in [-0.2, 0) is 19.3 Å². The van der Waals surface area contributed by atoms with Crippen molar-refractivity contribution in [2.45, 2.75) is 62.7 Å². The Balaban J connectivity index is 1.72. The molecular weight excluding hydrogens is 379 g/mol. The van der Waals surface area contributed by atoms with Gasteiger partial charge in [0.15, 0.2) is 0 Å². The second-order valence-electron chi connectivity index (χ2n) is 7.55. The minimum atomic E-state index is -0.153. The van der Waals surface area contributed by atoms with Crippen LogP contribution in [-0.4, -0.2) is 5.11 Å². The fourth-order valence-corrected chi connectivity index (χ4v) is 4.34. The highest BCUT2D eigenvalue weighted by Crippen LogP contribution is 2.37. The molecule has 1 N–H and O–H groups in total. The maximum absolute atomic E-state index is 13.8. The molecule has 0 saturated carbocycles. The van der Waals surface area contributed by atoms with Crippen molar-refractivity contribution in [3.63, 3.8) is 0 Å². The van der Waals surface area contributed by atoms with Crippen LogP contribution in [0.3, 0.4) is 0 Å². The Morgan fingerprint density at radius 2 is 1.62 bits per heavy atom. The maximum atomic E-state index is 13.8. The maximum Gasteiger partial charge on any atom is 0.129 e. The van der Waals surface area contributed by atoms with E-state index in [0.29, 0.717) is 17.7 Å². The minimum Gasteiger partial charge on any atom is -0.507 e. The molecule has 3 rings (SSSR count). The Bertz CT molecular complexity index is 963. The van der Waals surface area contributed by atoms with Crippen LogP contribution in [0.5, 0.6) is 5.75 Å². The number of rotatable bonds is 8. The second kappa shape index (κ2) is 9.98. The summed E-state index contributed by atoms with van der Waals surface area (Å²) in [5, 5.41) is 10.5. The molecule has 0 saturated heterocycles. The van der Waals surface area contributed by atoms with Gasteiger partial charge in [0.25, 0.3) is 0 Å². The average Bonchev–Trinajstić information content (AvgIpc) is 2.72. The third kappa shape index (κ3) is 5.63. The van der Waals surface area contributed by atoms with E-state index >= 15 is 0 Å². The van der Waals surface area contributed by atoms with Gasteiger partial charge >= 0.3 is 0 Å². The number of benzene rings is 3. The Kier molecular flexibility index (Phi) is 7.38. The van der Waals surface area contributed by atoms with Crippen molar-refractivity contribution in [1.82, 2.24) is 0 Å². The van der Waals surface area contributed by atoms with Gasteiger partial charge in [-0.25, -0.2) is 4.39 Å². The molecule has 0 amide bonds. The van der Waals surface area contributed by atoms with E-state index in [1.807, 2.05) is 18.2 Å². The molecule has 0 heterocycles. The molecule has 0 aliphatic rings. The number of hydrogen-bond acceptors (Lipinski definition) is 2. The van der Waals surface area contributed by atoms with Gasteiger partial charge in [0.2, 0.25) is 0 Å². The number of phenolic OH excluding ortho intramolecular Hbond substituents is 1. The first-order valence-electron chi connectivity index (χ1n) is 10.4. The summed E-state index contributed by atoms with van der Waals surface area (Å²) in [4.78, 5) is 1.98. The first-order valence-corrected chi connectivity index (χ1v) is 11.2. The van der Waals surface area contributed by atoms with Crippen LogP contribution in [0.2, 0.25) is 0 Å². The summed E-state index contributed by atoms with van der Waals surface area (Å²) >= 11 is 1.59. The minimum absolute atomic E-state index is 0.153. The number of unbranched alkanes of at least 4 members (excludes halogenated alkanes) is 1. The summed E-state index contributed by atoms with van der Waals surface area (Å²) in [5.74, 6) is 0.205. The summed E-state index contributed by atoms with van der Waals surface area (Å²) in [6.45, 7) is 6.13. The standard InChI is InChI=1S/C26H29FOS/c1-4-6-7-22-16-25(28)26(17-21(22)5-2)29-23-12-10-19(11-13-23)14-20-9-8-18(3)24(27)15-20/h8-13,15-17,28H,4-7,14H2,1-3H3. The van der Waals surface area contributed by atoms with Crippen molar-refractivity contribution in [1.29, 1.82) is 0 Å². The van der Waals surface area contributed by atoms with Gasteiger partial charge < -0.3 is 5.11 Å². The monoisotopic (exact) mass is 408 g/mol. The van der Waals surface area contributed by atoms with E-state index < -0.39 is 0 Å². The van der Waals surface area contributed by atoms with Crippen molar-refractivity contribution in [2.24, 2.45) is 0 Å². The molecule has 0 atom stereocenters. The first kappa shape index (κ1) is 21.4. The van der Waals surface area contributed by atoms with Crippen molar-refractivity contribution in [3.05, 3.63) is 88.2 Å². The lowest BCUT2D eigenvalue weighted by Gasteiger charge is -2.13. The van der Waals surface area contributed by atoms with Gasteiger partial charge in [-0.2, -0.15) is 0 Å². The van der Waals surface area contributed by atoms with Crippen LogP contribution < -0.4 is 0 Å². The molecule has 0 fully saturated rings. The normalized spacial score (nSPS) is 11.0. The molecule has 0 spiro atoms. The number of aromatic hydroxyl groups is 1. The van der Waals surface area contributed by atoms with Gasteiger partial charge in [0, 0.05) is 4.90 Å². The smallest absolute Gasteiger partial charge is 0.129 e. The van der Waals surface area contributed by atoms with Crippen LogP contribution in [0.15, 0.2) is 64.4 Å².